The number of carbonyl (C=O) groups excluding carboxylic acids is 3. The zero-order valence-electron chi connectivity index (χ0n) is 11.9. The van der Waals surface area contributed by atoms with E-state index >= 15 is 0 Å². The first-order valence-electron chi connectivity index (χ1n) is 6.85. The van der Waals surface area contributed by atoms with E-state index in [0.29, 0.717) is 6.42 Å². The summed E-state index contributed by atoms with van der Waals surface area (Å²) in [7, 11) is 0. The molecule has 0 radical (unpaired) electrons. The van der Waals surface area contributed by atoms with E-state index in [0.717, 1.165) is 13.0 Å². The van der Waals surface area contributed by atoms with Gasteiger partial charge in [0.15, 0.2) is 0 Å². The molecule has 0 bridgehead atoms. The van der Waals surface area contributed by atoms with Crippen molar-refractivity contribution in [1.82, 2.24) is 21.3 Å². The van der Waals surface area contributed by atoms with Gasteiger partial charge in [0.05, 0.1) is 19.2 Å². The van der Waals surface area contributed by atoms with Gasteiger partial charge in [-0.05, 0) is 19.4 Å². The molecule has 124 valence electrons. The Kier molecular flexibility index (Phi) is 7.26. The molecule has 0 saturated carbocycles. The van der Waals surface area contributed by atoms with Crippen molar-refractivity contribution in [3.63, 3.8) is 0 Å². The van der Waals surface area contributed by atoms with Crippen LogP contribution in [0.5, 0.6) is 0 Å². The maximum Gasteiger partial charge on any atom is 0.322 e. The normalized spacial score (nSPS) is 18.3. The van der Waals surface area contributed by atoms with Gasteiger partial charge in [-0.1, -0.05) is 0 Å². The van der Waals surface area contributed by atoms with Gasteiger partial charge in [0.1, 0.15) is 12.6 Å². The molecule has 1 saturated heterocycles. The number of carboxylic acid groups (broad SMARTS) is 1. The van der Waals surface area contributed by atoms with Gasteiger partial charge in [0, 0.05) is 0 Å². The summed E-state index contributed by atoms with van der Waals surface area (Å²) in [5.41, 5.74) is 0. The Hall–Kier alpha value is -2.20. The van der Waals surface area contributed by atoms with Crippen LogP contribution in [-0.4, -0.2) is 72.2 Å². The third-order valence-electron chi connectivity index (χ3n) is 3.05. The van der Waals surface area contributed by atoms with Crippen LogP contribution in [-0.2, 0) is 19.2 Å². The van der Waals surface area contributed by atoms with Crippen LogP contribution in [0, 0.1) is 0 Å². The molecular formula is C12H20N4O6. The maximum atomic E-state index is 11.7. The average Bonchev–Trinajstić information content (AvgIpc) is 3.02. The minimum Gasteiger partial charge on any atom is -0.480 e. The quantitative estimate of drug-likeness (QED) is 0.271. The number of aliphatic hydroxyl groups is 1. The van der Waals surface area contributed by atoms with Gasteiger partial charge in [-0.15, -0.1) is 0 Å². The number of aliphatic carboxylic acids is 1. The zero-order valence-corrected chi connectivity index (χ0v) is 11.9. The first-order chi connectivity index (χ1) is 10.4. The van der Waals surface area contributed by atoms with Crippen LogP contribution in [0.2, 0.25) is 0 Å². The van der Waals surface area contributed by atoms with E-state index in [1.165, 1.54) is 0 Å². The third-order valence-corrected chi connectivity index (χ3v) is 3.05. The molecule has 1 aliphatic rings. The van der Waals surface area contributed by atoms with E-state index in [2.05, 4.69) is 16.0 Å². The van der Waals surface area contributed by atoms with Crippen LogP contribution in [0.1, 0.15) is 12.8 Å². The van der Waals surface area contributed by atoms with Crippen molar-refractivity contribution < 1.29 is 29.4 Å². The number of carboxylic acids is 1. The number of hydrogen-bond acceptors (Lipinski definition) is 6. The molecule has 0 spiro atoms. The lowest BCUT2D eigenvalue weighted by molar-refractivity contribution is -0.138. The van der Waals surface area contributed by atoms with E-state index in [1.807, 2.05) is 5.32 Å². The summed E-state index contributed by atoms with van der Waals surface area (Å²) in [4.78, 5) is 45.1. The van der Waals surface area contributed by atoms with Crippen LogP contribution in [0.15, 0.2) is 0 Å². The largest absolute Gasteiger partial charge is 0.480 e. The lowest BCUT2D eigenvalue weighted by Crippen LogP contribution is -2.52. The van der Waals surface area contributed by atoms with E-state index in [-0.39, 0.29) is 18.5 Å². The molecule has 22 heavy (non-hydrogen) atoms. The number of hydrogen-bond donors (Lipinski definition) is 6. The van der Waals surface area contributed by atoms with Crippen molar-refractivity contribution >= 4 is 23.7 Å². The molecule has 2 atom stereocenters. The second kappa shape index (κ2) is 8.95. The zero-order chi connectivity index (χ0) is 16.5. The standard InChI is InChI=1S/C12H20N4O6/c17-6-8(12(22)15-5-10(19)20)16-9(18)4-14-11(21)7-2-1-3-13-7/h7-8,13,17H,1-6H2,(H,14,21)(H,15,22)(H,16,18)(H,19,20). The fourth-order valence-corrected chi connectivity index (χ4v) is 1.92. The molecule has 0 aliphatic carbocycles. The fraction of sp³-hybridized carbons (Fsp3) is 0.667. The Bertz CT molecular complexity index is 435. The lowest BCUT2D eigenvalue weighted by Gasteiger charge is -2.16. The van der Waals surface area contributed by atoms with Gasteiger partial charge < -0.3 is 31.5 Å². The molecule has 0 aromatic heterocycles. The molecule has 1 heterocycles. The molecule has 10 nitrogen and oxygen atoms in total. The highest BCUT2D eigenvalue weighted by Crippen LogP contribution is 2.03. The molecule has 6 N–H and O–H groups in total. The maximum absolute atomic E-state index is 11.7. The van der Waals surface area contributed by atoms with Crippen LogP contribution < -0.4 is 21.3 Å². The van der Waals surface area contributed by atoms with E-state index < -0.39 is 37.0 Å². The Morgan fingerprint density at radius 3 is 2.45 bits per heavy atom. The summed E-state index contributed by atoms with van der Waals surface area (Å²) in [6, 6.07) is -1.59. The van der Waals surface area contributed by atoms with Crippen molar-refractivity contribution in [2.24, 2.45) is 0 Å². The van der Waals surface area contributed by atoms with Gasteiger partial charge in [-0.2, -0.15) is 0 Å². The lowest BCUT2D eigenvalue weighted by atomic mass is 10.2. The molecule has 0 aromatic rings. The van der Waals surface area contributed by atoms with Crippen LogP contribution in [0.4, 0.5) is 0 Å². The first kappa shape index (κ1) is 17.9. The molecule has 2 unspecified atom stereocenters. The van der Waals surface area contributed by atoms with E-state index in [9.17, 15) is 19.2 Å². The van der Waals surface area contributed by atoms with E-state index in [4.69, 9.17) is 10.2 Å². The van der Waals surface area contributed by atoms with Gasteiger partial charge in [0.25, 0.3) is 0 Å². The highest BCUT2D eigenvalue weighted by Gasteiger charge is 2.23. The minimum absolute atomic E-state index is 0.302. The minimum atomic E-state index is -1.27. The van der Waals surface area contributed by atoms with Gasteiger partial charge >= 0.3 is 5.97 Å². The summed E-state index contributed by atoms with van der Waals surface area (Å²) in [5, 5.41) is 27.1. The van der Waals surface area contributed by atoms with Crippen LogP contribution >= 0.6 is 0 Å². The second-order valence-electron chi connectivity index (χ2n) is 4.78. The SMILES string of the molecule is O=C(O)CNC(=O)C(CO)NC(=O)CNC(=O)C1CCCN1. The predicted molar refractivity (Wildman–Crippen MR) is 73.7 cm³/mol. The smallest absolute Gasteiger partial charge is 0.322 e. The highest BCUT2D eigenvalue weighted by molar-refractivity contribution is 5.92. The first-order valence-corrected chi connectivity index (χ1v) is 6.85. The predicted octanol–water partition coefficient (Wildman–Crippen LogP) is -3.47. The number of amides is 3. The topological polar surface area (TPSA) is 157 Å². The van der Waals surface area contributed by atoms with Crippen molar-refractivity contribution in [2.45, 2.75) is 24.9 Å². The third kappa shape index (κ3) is 6.06. The molecule has 0 aromatic carbocycles. The monoisotopic (exact) mass is 316 g/mol. The van der Waals surface area contributed by atoms with Crippen LogP contribution in [0.25, 0.3) is 0 Å². The molecule has 1 rings (SSSR count). The molecular weight excluding hydrogens is 296 g/mol. The Morgan fingerprint density at radius 2 is 1.91 bits per heavy atom. The summed E-state index contributed by atoms with van der Waals surface area (Å²) < 4.78 is 0. The molecule has 3 amide bonds. The van der Waals surface area contributed by atoms with Crippen LogP contribution in [0.3, 0.4) is 0 Å². The second-order valence-corrected chi connectivity index (χ2v) is 4.78. The Morgan fingerprint density at radius 1 is 1.18 bits per heavy atom. The molecule has 10 heteroatoms. The number of carbonyl (C=O) groups is 4. The van der Waals surface area contributed by atoms with Crippen molar-refractivity contribution in [1.29, 1.82) is 0 Å². The van der Waals surface area contributed by atoms with Gasteiger partial charge in [-0.3, -0.25) is 19.2 Å². The van der Waals surface area contributed by atoms with E-state index in [1.54, 1.807) is 0 Å². The van der Waals surface area contributed by atoms with Gasteiger partial charge in [0.2, 0.25) is 17.7 Å². The van der Waals surface area contributed by atoms with Crippen molar-refractivity contribution in [3.05, 3.63) is 0 Å². The Balaban J connectivity index is 2.32. The average molecular weight is 316 g/mol. The number of aliphatic hydroxyl groups excluding tert-OH is 1. The molecule has 1 aliphatic heterocycles. The summed E-state index contributed by atoms with van der Waals surface area (Å²) in [6.45, 7) is -0.884. The van der Waals surface area contributed by atoms with Crippen molar-refractivity contribution in [2.75, 3.05) is 26.2 Å². The summed E-state index contributed by atoms with van der Waals surface area (Å²) in [6.07, 6.45) is 1.59. The fourth-order valence-electron chi connectivity index (χ4n) is 1.92. The number of nitrogens with one attached hydrogen (secondary N) is 4. The highest BCUT2D eigenvalue weighted by atomic mass is 16.4. The Labute approximate surface area is 126 Å². The summed E-state index contributed by atoms with van der Waals surface area (Å²) >= 11 is 0. The van der Waals surface area contributed by atoms with Crippen molar-refractivity contribution in [3.8, 4) is 0 Å². The molecule has 1 fully saturated rings. The number of rotatable bonds is 8. The van der Waals surface area contributed by atoms with Gasteiger partial charge in [-0.25, -0.2) is 0 Å². The summed E-state index contributed by atoms with van der Waals surface area (Å²) in [5.74, 6) is -3.02.